The molecule has 0 saturated carbocycles. The molecule has 22 heavy (non-hydrogen) atoms. The first-order chi connectivity index (χ1) is 10.7. The molecule has 0 aromatic carbocycles. The highest BCUT2D eigenvalue weighted by Crippen LogP contribution is 2.14. The van der Waals surface area contributed by atoms with Crippen molar-refractivity contribution in [2.75, 3.05) is 13.6 Å². The summed E-state index contributed by atoms with van der Waals surface area (Å²) in [6, 6.07) is 2.15. The second kappa shape index (κ2) is 8.90. The number of thiophene rings is 1. The molecule has 4 nitrogen and oxygen atoms in total. The van der Waals surface area contributed by atoms with Crippen molar-refractivity contribution >= 4 is 28.6 Å². The minimum Gasteiger partial charge on any atom is -0.356 e. The summed E-state index contributed by atoms with van der Waals surface area (Å²) in [5.41, 5.74) is 2.47. The molecule has 0 bridgehead atoms. The highest BCUT2D eigenvalue weighted by atomic mass is 32.1. The molecule has 0 unspecified atom stereocenters. The molecule has 2 aromatic rings. The first kappa shape index (κ1) is 17.0. The number of thiazole rings is 1. The lowest BCUT2D eigenvalue weighted by atomic mass is 10.2. The standard InChI is InChI=1S/C16H24N4S2/c1-12-7-9-21-14(12)10-19-16(17-3)18-8-5-4-6-15-20-13(2)11-22-15/h7,9,11H,4-6,8,10H2,1-3H3,(H2,17,18,19). The van der Waals surface area contributed by atoms with E-state index in [2.05, 4.69) is 44.4 Å². The van der Waals surface area contributed by atoms with Crippen molar-refractivity contribution in [3.8, 4) is 0 Å². The number of nitrogens with one attached hydrogen (secondary N) is 2. The van der Waals surface area contributed by atoms with E-state index in [4.69, 9.17) is 0 Å². The smallest absolute Gasteiger partial charge is 0.191 e. The van der Waals surface area contributed by atoms with E-state index in [0.717, 1.165) is 44.0 Å². The molecule has 0 aliphatic heterocycles. The first-order valence-electron chi connectivity index (χ1n) is 7.57. The Labute approximate surface area is 140 Å². The number of aromatic nitrogens is 1. The Bertz CT molecular complexity index is 601. The monoisotopic (exact) mass is 336 g/mol. The summed E-state index contributed by atoms with van der Waals surface area (Å²) >= 11 is 3.54. The molecule has 2 N–H and O–H groups in total. The molecule has 0 spiro atoms. The van der Waals surface area contributed by atoms with E-state index in [9.17, 15) is 0 Å². The molecule has 0 amide bonds. The topological polar surface area (TPSA) is 49.3 Å². The fourth-order valence-electron chi connectivity index (χ4n) is 2.10. The predicted molar refractivity (Wildman–Crippen MR) is 97.0 cm³/mol. The van der Waals surface area contributed by atoms with Crippen LogP contribution in [0.2, 0.25) is 0 Å². The highest BCUT2D eigenvalue weighted by molar-refractivity contribution is 7.10. The molecular formula is C16H24N4S2. The van der Waals surface area contributed by atoms with E-state index >= 15 is 0 Å². The molecule has 0 aliphatic carbocycles. The number of rotatable bonds is 7. The number of hydrogen-bond acceptors (Lipinski definition) is 4. The molecule has 120 valence electrons. The van der Waals surface area contributed by atoms with Crippen molar-refractivity contribution < 1.29 is 0 Å². The maximum Gasteiger partial charge on any atom is 0.191 e. The number of unbranched alkanes of at least 4 members (excludes halogenated alkanes) is 1. The first-order valence-corrected chi connectivity index (χ1v) is 9.33. The van der Waals surface area contributed by atoms with Gasteiger partial charge in [-0.1, -0.05) is 0 Å². The van der Waals surface area contributed by atoms with Crippen molar-refractivity contribution in [1.29, 1.82) is 0 Å². The van der Waals surface area contributed by atoms with Crippen LogP contribution in [0.1, 0.15) is 34.0 Å². The van der Waals surface area contributed by atoms with Crippen LogP contribution in [0.5, 0.6) is 0 Å². The maximum atomic E-state index is 4.49. The maximum absolute atomic E-state index is 4.49. The fraction of sp³-hybridized carbons (Fsp3) is 0.500. The van der Waals surface area contributed by atoms with Crippen LogP contribution in [-0.4, -0.2) is 24.5 Å². The van der Waals surface area contributed by atoms with Gasteiger partial charge in [0.05, 0.1) is 11.6 Å². The predicted octanol–water partition coefficient (Wildman–Crippen LogP) is 3.51. The molecule has 2 rings (SSSR count). The van der Waals surface area contributed by atoms with Crippen LogP contribution in [-0.2, 0) is 13.0 Å². The number of guanidine groups is 1. The van der Waals surface area contributed by atoms with Crippen LogP contribution in [0.15, 0.2) is 21.8 Å². The van der Waals surface area contributed by atoms with E-state index in [0.29, 0.717) is 0 Å². The Morgan fingerprint density at radius 3 is 2.73 bits per heavy atom. The third-order valence-electron chi connectivity index (χ3n) is 3.38. The lowest BCUT2D eigenvalue weighted by molar-refractivity contribution is 0.692. The minimum absolute atomic E-state index is 0.835. The average molecular weight is 337 g/mol. The normalized spacial score (nSPS) is 11.7. The van der Waals surface area contributed by atoms with Gasteiger partial charge in [-0.05, 0) is 50.1 Å². The van der Waals surface area contributed by atoms with Crippen LogP contribution in [0.4, 0.5) is 0 Å². The van der Waals surface area contributed by atoms with Gasteiger partial charge in [0, 0.05) is 29.5 Å². The van der Waals surface area contributed by atoms with Gasteiger partial charge in [0.2, 0.25) is 0 Å². The molecule has 0 saturated heterocycles. The Hall–Kier alpha value is -1.40. The van der Waals surface area contributed by atoms with Gasteiger partial charge in [0.25, 0.3) is 0 Å². The highest BCUT2D eigenvalue weighted by Gasteiger charge is 2.02. The van der Waals surface area contributed by atoms with Crippen molar-refractivity contribution in [2.45, 2.75) is 39.7 Å². The fourth-order valence-corrected chi connectivity index (χ4v) is 3.76. The molecule has 0 aliphatic rings. The summed E-state index contributed by atoms with van der Waals surface area (Å²) < 4.78 is 0. The average Bonchev–Trinajstić information content (AvgIpc) is 3.10. The SMILES string of the molecule is CN=C(NCCCCc1nc(C)cs1)NCc1sccc1C. The Balaban J connectivity index is 1.61. The van der Waals surface area contributed by atoms with E-state index < -0.39 is 0 Å². The molecule has 2 aromatic heterocycles. The molecule has 6 heteroatoms. The summed E-state index contributed by atoms with van der Waals surface area (Å²) in [6.07, 6.45) is 3.35. The zero-order chi connectivity index (χ0) is 15.8. The molecule has 0 radical (unpaired) electrons. The number of aliphatic imine (C=N–C) groups is 1. The summed E-state index contributed by atoms with van der Waals surface area (Å²) in [5, 5.41) is 12.2. The van der Waals surface area contributed by atoms with Gasteiger partial charge in [0.15, 0.2) is 5.96 Å². The summed E-state index contributed by atoms with van der Waals surface area (Å²) in [7, 11) is 1.81. The Kier molecular flexibility index (Phi) is 6.86. The van der Waals surface area contributed by atoms with Crippen LogP contribution in [0.3, 0.4) is 0 Å². The van der Waals surface area contributed by atoms with Crippen molar-refractivity contribution in [1.82, 2.24) is 15.6 Å². The Morgan fingerprint density at radius 1 is 1.23 bits per heavy atom. The number of nitrogens with zero attached hydrogens (tertiary/aromatic N) is 2. The summed E-state index contributed by atoms with van der Waals surface area (Å²) in [4.78, 5) is 10.1. The molecule has 2 heterocycles. The van der Waals surface area contributed by atoms with E-state index in [1.165, 1.54) is 15.4 Å². The Morgan fingerprint density at radius 2 is 2.09 bits per heavy atom. The lowest BCUT2D eigenvalue weighted by Crippen LogP contribution is -2.37. The van der Waals surface area contributed by atoms with Crippen LogP contribution in [0.25, 0.3) is 0 Å². The second-order valence-corrected chi connectivity index (χ2v) is 7.16. The van der Waals surface area contributed by atoms with Gasteiger partial charge in [-0.3, -0.25) is 4.99 Å². The quantitative estimate of drug-likeness (QED) is 0.462. The molecule has 0 atom stereocenters. The third-order valence-corrected chi connectivity index (χ3v) is 5.43. The molecular weight excluding hydrogens is 312 g/mol. The minimum atomic E-state index is 0.835. The summed E-state index contributed by atoms with van der Waals surface area (Å²) in [6.45, 7) is 5.96. The second-order valence-electron chi connectivity index (χ2n) is 5.22. The van der Waals surface area contributed by atoms with Gasteiger partial charge in [-0.2, -0.15) is 0 Å². The van der Waals surface area contributed by atoms with E-state index in [-0.39, 0.29) is 0 Å². The van der Waals surface area contributed by atoms with Crippen LogP contribution >= 0.6 is 22.7 Å². The van der Waals surface area contributed by atoms with E-state index in [1.807, 2.05) is 14.0 Å². The zero-order valence-corrected chi connectivity index (χ0v) is 15.1. The summed E-state index contributed by atoms with van der Waals surface area (Å²) in [5.74, 6) is 0.873. The van der Waals surface area contributed by atoms with Gasteiger partial charge in [0.1, 0.15) is 0 Å². The van der Waals surface area contributed by atoms with E-state index in [1.54, 1.807) is 22.7 Å². The number of aryl methyl sites for hydroxylation is 3. The van der Waals surface area contributed by atoms with Crippen molar-refractivity contribution in [2.24, 2.45) is 4.99 Å². The van der Waals surface area contributed by atoms with Crippen LogP contribution in [0, 0.1) is 13.8 Å². The van der Waals surface area contributed by atoms with Gasteiger partial charge >= 0.3 is 0 Å². The van der Waals surface area contributed by atoms with Crippen molar-refractivity contribution in [3.05, 3.63) is 38.0 Å². The van der Waals surface area contributed by atoms with Crippen LogP contribution < -0.4 is 10.6 Å². The zero-order valence-electron chi connectivity index (χ0n) is 13.5. The van der Waals surface area contributed by atoms with Gasteiger partial charge < -0.3 is 10.6 Å². The van der Waals surface area contributed by atoms with Gasteiger partial charge in [-0.15, -0.1) is 22.7 Å². The largest absolute Gasteiger partial charge is 0.356 e. The van der Waals surface area contributed by atoms with Crippen molar-refractivity contribution in [3.63, 3.8) is 0 Å². The molecule has 0 fully saturated rings. The van der Waals surface area contributed by atoms with Gasteiger partial charge in [-0.25, -0.2) is 4.98 Å². The lowest BCUT2D eigenvalue weighted by Gasteiger charge is -2.11. The third kappa shape index (κ3) is 5.42. The number of hydrogen-bond donors (Lipinski definition) is 2.